The molecule has 6 N–H and O–H groups in total. The van der Waals surface area contributed by atoms with E-state index in [1.54, 1.807) is 64.5 Å². The monoisotopic (exact) mass is 554 g/mol. The second-order valence-electron chi connectivity index (χ2n) is 7.90. The highest BCUT2D eigenvalue weighted by Gasteiger charge is 2.14. The minimum Gasteiger partial charge on any atom is -1.00 e. The van der Waals surface area contributed by atoms with Crippen LogP contribution in [0.4, 0.5) is 0 Å². The van der Waals surface area contributed by atoms with Crippen molar-refractivity contribution in [3.8, 4) is 23.0 Å². The van der Waals surface area contributed by atoms with E-state index >= 15 is 0 Å². The zero-order valence-corrected chi connectivity index (χ0v) is 23.3. The molecule has 0 bridgehead atoms. The Bertz CT molecular complexity index is 1020. The number of carbonyl (C=O) groups is 2. The summed E-state index contributed by atoms with van der Waals surface area (Å²) in [5.41, 5.74) is 10.0. The molecule has 0 spiro atoms. The highest BCUT2D eigenvalue weighted by atomic mass is 35.5. The summed E-state index contributed by atoms with van der Waals surface area (Å²) in [6.45, 7) is 5.65. The predicted octanol–water partition coefficient (Wildman–Crippen LogP) is -4.01. The first-order chi connectivity index (χ1) is 16.8. The first kappa shape index (κ1) is 34.0. The number of methoxy groups -OCH3 is 2. The molecule has 0 aliphatic carbocycles. The van der Waals surface area contributed by atoms with Crippen molar-refractivity contribution in [2.45, 2.75) is 20.3 Å². The van der Waals surface area contributed by atoms with E-state index in [4.69, 9.17) is 18.9 Å². The summed E-state index contributed by atoms with van der Waals surface area (Å²) >= 11 is 0. The van der Waals surface area contributed by atoms with Crippen LogP contribution in [0.2, 0.25) is 0 Å². The molecule has 0 aliphatic heterocycles. The van der Waals surface area contributed by atoms with Gasteiger partial charge in [-0.15, -0.1) is 0 Å². The Balaban J connectivity index is 0.00000648. The van der Waals surface area contributed by atoms with Gasteiger partial charge in [-0.25, -0.2) is 0 Å². The molecule has 204 valence electrons. The van der Waals surface area contributed by atoms with E-state index in [2.05, 4.69) is 11.5 Å². The molecule has 2 aromatic rings. The normalized spacial score (nSPS) is 11.1. The van der Waals surface area contributed by atoms with E-state index in [0.717, 1.165) is 11.1 Å². The van der Waals surface area contributed by atoms with Crippen molar-refractivity contribution < 1.29 is 64.8 Å². The maximum absolute atomic E-state index is 12.7. The zero-order chi connectivity index (χ0) is 25.8. The fourth-order valence-corrected chi connectivity index (χ4v) is 3.24. The molecular weight excluding hydrogens is 519 g/mol. The van der Waals surface area contributed by atoms with Gasteiger partial charge in [0.05, 0.1) is 20.6 Å². The predicted molar refractivity (Wildman–Crippen MR) is 134 cm³/mol. The molecule has 0 radical (unpaired) electrons. The van der Waals surface area contributed by atoms with Gasteiger partial charge < -0.3 is 55.2 Å². The summed E-state index contributed by atoms with van der Waals surface area (Å²) < 4.78 is 22.0. The standard InChI is InChI=1S/C27H34N2O6.2ClH/c1-18(13-20-5-7-24(34-11-9-28)26(15-20)32-3)22(30)17-23(31)19(2)14-21-6-8-25(35-12-10-29)27(16-21)33-4;;/h5-8,13-16H,9-12,17,28-29H2,1-4H3;2*1H/b18-13+,19-14+;;. The third-order valence-electron chi connectivity index (χ3n) is 5.15. The van der Waals surface area contributed by atoms with Crippen LogP contribution in [0.1, 0.15) is 31.4 Å². The maximum atomic E-state index is 12.7. The molecule has 37 heavy (non-hydrogen) atoms. The van der Waals surface area contributed by atoms with E-state index in [-0.39, 0.29) is 42.8 Å². The summed E-state index contributed by atoms with van der Waals surface area (Å²) in [5, 5.41) is 0. The largest absolute Gasteiger partial charge is 1.00 e. The van der Waals surface area contributed by atoms with Gasteiger partial charge >= 0.3 is 0 Å². The first-order valence-corrected chi connectivity index (χ1v) is 11.5. The number of carbonyl (C=O) groups excluding carboxylic acids is 2. The number of rotatable bonds is 14. The molecule has 2 rings (SSSR count). The van der Waals surface area contributed by atoms with Crippen molar-refractivity contribution in [1.29, 1.82) is 0 Å². The van der Waals surface area contributed by atoms with Crippen molar-refractivity contribution in [3.05, 3.63) is 58.7 Å². The van der Waals surface area contributed by atoms with Crippen molar-refractivity contribution in [2.75, 3.05) is 40.5 Å². The minimum atomic E-state index is -0.242. The topological polar surface area (TPSA) is 126 Å². The summed E-state index contributed by atoms with van der Waals surface area (Å²) in [4.78, 5) is 25.4. The average molecular weight is 555 g/mol. The average Bonchev–Trinajstić information content (AvgIpc) is 2.86. The zero-order valence-electron chi connectivity index (χ0n) is 21.8. The van der Waals surface area contributed by atoms with Crippen molar-refractivity contribution >= 4 is 23.7 Å². The Morgan fingerprint density at radius 3 is 1.41 bits per heavy atom. The van der Waals surface area contributed by atoms with E-state index in [9.17, 15) is 9.59 Å². The van der Waals surface area contributed by atoms with Crippen molar-refractivity contribution in [1.82, 2.24) is 0 Å². The lowest BCUT2D eigenvalue weighted by Crippen LogP contribution is -3.00. The van der Waals surface area contributed by atoms with E-state index < -0.39 is 0 Å². The molecule has 2 aromatic carbocycles. The third-order valence-corrected chi connectivity index (χ3v) is 5.15. The van der Waals surface area contributed by atoms with Gasteiger partial charge in [0.2, 0.25) is 0 Å². The van der Waals surface area contributed by atoms with Crippen LogP contribution in [-0.2, 0) is 9.59 Å². The SMILES string of the molecule is COc1cc(/C=C(\C)C(=O)CC(=O)/C(C)=C/c2ccc(OCC[NH3+])c(OC)c2)ccc1OCC[NH3+].[Cl-].[Cl-]. The summed E-state index contributed by atoms with van der Waals surface area (Å²) in [5.74, 6) is 1.89. The highest BCUT2D eigenvalue weighted by molar-refractivity contribution is 6.15. The number of Topliss-reactive ketones (excluding diaryl/α,β-unsaturated/α-hetero) is 2. The molecule has 0 amide bonds. The second kappa shape index (κ2) is 17.4. The van der Waals surface area contributed by atoms with Crippen LogP contribution < -0.4 is 55.2 Å². The second-order valence-corrected chi connectivity index (χ2v) is 7.90. The van der Waals surface area contributed by atoms with E-state index in [0.29, 0.717) is 60.4 Å². The van der Waals surface area contributed by atoms with E-state index in [1.807, 2.05) is 12.1 Å². The number of ketones is 2. The molecule has 0 fully saturated rings. The summed E-state index contributed by atoms with van der Waals surface area (Å²) in [6, 6.07) is 10.8. The highest BCUT2D eigenvalue weighted by Crippen LogP contribution is 2.30. The van der Waals surface area contributed by atoms with Gasteiger partial charge in [0.15, 0.2) is 34.6 Å². The van der Waals surface area contributed by atoms with Gasteiger partial charge in [0.1, 0.15) is 26.3 Å². The Kier molecular flexibility index (Phi) is 16.0. The molecule has 10 heteroatoms. The van der Waals surface area contributed by atoms with Gasteiger partial charge in [-0.1, -0.05) is 12.1 Å². The number of allylic oxidation sites excluding steroid dienone is 2. The molecular formula is C27H36Cl2N2O6. The Morgan fingerprint density at radius 2 is 1.08 bits per heavy atom. The smallest absolute Gasteiger partial charge is 0.166 e. The van der Waals surface area contributed by atoms with Crippen LogP contribution >= 0.6 is 0 Å². The summed E-state index contributed by atoms with van der Waals surface area (Å²) in [6.07, 6.45) is 3.25. The molecule has 0 unspecified atom stereocenters. The number of quaternary nitrogens is 2. The van der Waals surface area contributed by atoms with Crippen molar-refractivity contribution in [3.63, 3.8) is 0 Å². The van der Waals surface area contributed by atoms with Crippen LogP contribution in [-0.4, -0.2) is 52.1 Å². The van der Waals surface area contributed by atoms with Crippen LogP contribution in [0.25, 0.3) is 12.2 Å². The van der Waals surface area contributed by atoms with Gasteiger partial charge in [0, 0.05) is 0 Å². The Morgan fingerprint density at radius 1 is 0.703 bits per heavy atom. The van der Waals surface area contributed by atoms with Gasteiger partial charge in [-0.05, 0) is 72.5 Å². The lowest BCUT2D eigenvalue weighted by molar-refractivity contribution is -0.371. The minimum absolute atomic E-state index is 0. The fraction of sp³-hybridized carbons (Fsp3) is 0.333. The molecule has 0 saturated heterocycles. The van der Waals surface area contributed by atoms with Gasteiger partial charge in [-0.3, -0.25) is 9.59 Å². The van der Waals surface area contributed by atoms with Crippen LogP contribution in [0, 0.1) is 0 Å². The van der Waals surface area contributed by atoms with Crippen molar-refractivity contribution in [2.24, 2.45) is 0 Å². The quantitative estimate of drug-likeness (QED) is 0.181. The van der Waals surface area contributed by atoms with Crippen LogP contribution in [0.15, 0.2) is 47.5 Å². The Hall–Kier alpha value is -3.04. The van der Waals surface area contributed by atoms with Gasteiger partial charge in [0.25, 0.3) is 0 Å². The lowest BCUT2D eigenvalue weighted by atomic mass is 10.00. The molecule has 0 aromatic heterocycles. The molecule has 0 atom stereocenters. The fourth-order valence-electron chi connectivity index (χ4n) is 3.24. The first-order valence-electron chi connectivity index (χ1n) is 11.5. The molecule has 0 heterocycles. The molecule has 0 saturated carbocycles. The van der Waals surface area contributed by atoms with Crippen LogP contribution in [0.5, 0.6) is 23.0 Å². The molecule has 8 nitrogen and oxygen atoms in total. The van der Waals surface area contributed by atoms with E-state index in [1.165, 1.54) is 0 Å². The number of ether oxygens (including phenoxy) is 4. The van der Waals surface area contributed by atoms with Crippen LogP contribution in [0.3, 0.4) is 0 Å². The number of benzene rings is 2. The third kappa shape index (κ3) is 10.5. The lowest BCUT2D eigenvalue weighted by Gasteiger charge is -2.10. The number of hydrogen-bond donors (Lipinski definition) is 2. The number of hydrogen-bond acceptors (Lipinski definition) is 6. The maximum Gasteiger partial charge on any atom is 0.166 e. The summed E-state index contributed by atoms with van der Waals surface area (Å²) in [7, 11) is 3.12. The Labute approximate surface area is 230 Å². The molecule has 0 aliphatic rings. The number of halogens is 2. The van der Waals surface area contributed by atoms with Gasteiger partial charge in [-0.2, -0.15) is 0 Å².